The van der Waals surface area contributed by atoms with Crippen LogP contribution in [0.5, 0.6) is 0 Å². The Morgan fingerprint density at radius 3 is 2.79 bits per heavy atom. The summed E-state index contributed by atoms with van der Waals surface area (Å²) in [5.41, 5.74) is 2.40. The summed E-state index contributed by atoms with van der Waals surface area (Å²) in [5, 5.41) is 0. The Kier molecular flexibility index (Phi) is 3.48. The normalized spacial score (nSPS) is 27.9. The number of aromatic nitrogens is 1. The van der Waals surface area contributed by atoms with Crippen molar-refractivity contribution in [1.29, 1.82) is 0 Å². The molecule has 104 valence electrons. The lowest BCUT2D eigenvalue weighted by Gasteiger charge is -2.46. The Balaban J connectivity index is 1.85. The number of nitrogens with zero attached hydrogens (tertiary/aromatic N) is 3. The van der Waals surface area contributed by atoms with Gasteiger partial charge in [-0.05, 0) is 44.4 Å². The van der Waals surface area contributed by atoms with Gasteiger partial charge < -0.3 is 4.90 Å². The number of rotatable bonds is 2. The number of piperazine rings is 1. The number of anilines is 1. The molecule has 0 N–H and O–H groups in total. The molecule has 2 atom stereocenters. The summed E-state index contributed by atoms with van der Waals surface area (Å²) >= 11 is 0. The Morgan fingerprint density at radius 1 is 1.26 bits per heavy atom. The summed E-state index contributed by atoms with van der Waals surface area (Å²) < 4.78 is 0. The highest BCUT2D eigenvalue weighted by atomic mass is 15.3. The minimum absolute atomic E-state index is 0.624. The molecule has 0 saturated carbocycles. The molecule has 0 aliphatic carbocycles. The molecular weight excluding hydrogens is 234 g/mol. The first-order chi connectivity index (χ1) is 9.15. The van der Waals surface area contributed by atoms with E-state index >= 15 is 0 Å². The van der Waals surface area contributed by atoms with E-state index in [2.05, 4.69) is 53.9 Å². The molecule has 3 rings (SSSR count). The number of fused-ring (bicyclic) bond motifs is 1. The molecule has 3 heteroatoms. The minimum atomic E-state index is 0.624. The minimum Gasteiger partial charge on any atom is -0.364 e. The van der Waals surface area contributed by atoms with E-state index in [4.69, 9.17) is 0 Å². The van der Waals surface area contributed by atoms with Crippen LogP contribution in [0.25, 0.3) is 0 Å². The fraction of sp³-hybridized carbons (Fsp3) is 0.688. The molecule has 0 radical (unpaired) electrons. The monoisotopic (exact) mass is 259 g/mol. The van der Waals surface area contributed by atoms with Crippen molar-refractivity contribution in [2.45, 2.75) is 45.7 Å². The third-order valence-corrected chi connectivity index (χ3v) is 4.73. The second-order valence-electron chi connectivity index (χ2n) is 6.41. The van der Waals surface area contributed by atoms with Crippen molar-refractivity contribution in [3.8, 4) is 0 Å². The molecule has 0 bridgehead atoms. The van der Waals surface area contributed by atoms with Gasteiger partial charge in [-0.25, -0.2) is 0 Å². The molecule has 3 nitrogen and oxygen atoms in total. The van der Waals surface area contributed by atoms with Crippen LogP contribution in [0.4, 0.5) is 5.69 Å². The first kappa shape index (κ1) is 12.9. The highest BCUT2D eigenvalue weighted by Gasteiger charge is 2.37. The predicted octanol–water partition coefficient (Wildman–Crippen LogP) is 2.70. The molecule has 2 aliphatic heterocycles. The number of pyridine rings is 1. The van der Waals surface area contributed by atoms with Crippen LogP contribution < -0.4 is 4.90 Å². The third-order valence-electron chi connectivity index (χ3n) is 4.73. The van der Waals surface area contributed by atoms with Crippen molar-refractivity contribution in [2.24, 2.45) is 5.92 Å². The van der Waals surface area contributed by atoms with Crippen LogP contribution in [0.1, 0.15) is 32.4 Å². The van der Waals surface area contributed by atoms with Crippen LogP contribution in [0.3, 0.4) is 0 Å². The first-order valence-corrected chi connectivity index (χ1v) is 7.58. The van der Waals surface area contributed by atoms with Crippen LogP contribution in [-0.2, 0) is 0 Å². The average Bonchev–Trinajstić information content (AvgIpc) is 2.85. The lowest BCUT2D eigenvalue weighted by atomic mass is 9.97. The van der Waals surface area contributed by atoms with Gasteiger partial charge in [0.05, 0.1) is 11.9 Å². The van der Waals surface area contributed by atoms with Crippen molar-refractivity contribution in [1.82, 2.24) is 9.88 Å². The summed E-state index contributed by atoms with van der Waals surface area (Å²) in [5.74, 6) is 0.683. The van der Waals surface area contributed by atoms with Crippen molar-refractivity contribution < 1.29 is 0 Å². The number of hydrogen-bond donors (Lipinski definition) is 0. The molecule has 2 unspecified atom stereocenters. The van der Waals surface area contributed by atoms with Gasteiger partial charge >= 0.3 is 0 Å². The predicted molar refractivity (Wildman–Crippen MR) is 79.5 cm³/mol. The molecule has 1 aromatic rings. The van der Waals surface area contributed by atoms with E-state index in [1.165, 1.54) is 38.2 Å². The van der Waals surface area contributed by atoms with Gasteiger partial charge in [0.2, 0.25) is 0 Å². The molecule has 3 heterocycles. The van der Waals surface area contributed by atoms with E-state index < -0.39 is 0 Å². The summed E-state index contributed by atoms with van der Waals surface area (Å²) in [6.45, 7) is 10.4. The molecule has 0 aromatic carbocycles. The van der Waals surface area contributed by atoms with E-state index in [0.717, 1.165) is 11.7 Å². The molecule has 1 aromatic heterocycles. The van der Waals surface area contributed by atoms with Crippen LogP contribution in [0.15, 0.2) is 18.3 Å². The molecule has 0 spiro atoms. The van der Waals surface area contributed by atoms with Gasteiger partial charge in [-0.15, -0.1) is 0 Å². The number of aryl methyl sites for hydroxylation is 1. The fourth-order valence-corrected chi connectivity index (χ4v) is 3.54. The van der Waals surface area contributed by atoms with Crippen LogP contribution in [0, 0.1) is 12.8 Å². The second kappa shape index (κ2) is 5.12. The van der Waals surface area contributed by atoms with E-state index in [-0.39, 0.29) is 0 Å². The summed E-state index contributed by atoms with van der Waals surface area (Å²) in [7, 11) is 0. The summed E-state index contributed by atoms with van der Waals surface area (Å²) in [6.07, 6.45) is 4.78. The van der Waals surface area contributed by atoms with E-state index in [0.29, 0.717) is 12.0 Å². The molecule has 19 heavy (non-hydrogen) atoms. The number of hydrogen-bond acceptors (Lipinski definition) is 3. The van der Waals surface area contributed by atoms with Gasteiger partial charge in [0.15, 0.2) is 0 Å². The van der Waals surface area contributed by atoms with E-state index in [1.54, 1.807) is 0 Å². The summed E-state index contributed by atoms with van der Waals surface area (Å²) in [4.78, 5) is 9.78. The molecule has 0 amide bonds. The first-order valence-electron chi connectivity index (χ1n) is 7.58. The molecular formula is C16H25N3. The van der Waals surface area contributed by atoms with Gasteiger partial charge in [0, 0.05) is 30.9 Å². The Morgan fingerprint density at radius 2 is 2.11 bits per heavy atom. The van der Waals surface area contributed by atoms with Gasteiger partial charge in [-0.3, -0.25) is 9.88 Å². The lowest BCUT2D eigenvalue weighted by molar-refractivity contribution is 0.176. The van der Waals surface area contributed by atoms with Gasteiger partial charge in [-0.1, -0.05) is 13.8 Å². The zero-order chi connectivity index (χ0) is 13.4. The molecule has 2 fully saturated rings. The SMILES string of the molecule is Cc1ccc(N2CC3CCCN3CC2C(C)C)cn1. The van der Waals surface area contributed by atoms with Crippen molar-refractivity contribution in [2.75, 3.05) is 24.5 Å². The summed E-state index contributed by atoms with van der Waals surface area (Å²) in [6, 6.07) is 5.76. The van der Waals surface area contributed by atoms with Gasteiger partial charge in [-0.2, -0.15) is 0 Å². The van der Waals surface area contributed by atoms with Crippen molar-refractivity contribution in [3.63, 3.8) is 0 Å². The maximum absolute atomic E-state index is 4.48. The maximum Gasteiger partial charge on any atom is 0.0556 e. The smallest absolute Gasteiger partial charge is 0.0556 e. The van der Waals surface area contributed by atoms with Crippen LogP contribution in [0.2, 0.25) is 0 Å². The quantitative estimate of drug-likeness (QED) is 0.814. The standard InChI is InChI=1S/C16H25N3/c1-12(2)16-11-18-8-4-5-15(18)10-19(16)14-7-6-13(3)17-9-14/h6-7,9,12,15-16H,4-5,8,10-11H2,1-3H3. The molecule has 2 saturated heterocycles. The highest BCUT2D eigenvalue weighted by Crippen LogP contribution is 2.31. The maximum atomic E-state index is 4.48. The average molecular weight is 259 g/mol. The third kappa shape index (κ3) is 2.48. The van der Waals surface area contributed by atoms with Crippen molar-refractivity contribution in [3.05, 3.63) is 24.0 Å². The van der Waals surface area contributed by atoms with Crippen molar-refractivity contribution >= 4 is 5.69 Å². The van der Waals surface area contributed by atoms with Gasteiger partial charge in [0.1, 0.15) is 0 Å². The second-order valence-corrected chi connectivity index (χ2v) is 6.41. The largest absolute Gasteiger partial charge is 0.364 e. The topological polar surface area (TPSA) is 19.4 Å². The zero-order valence-corrected chi connectivity index (χ0v) is 12.3. The van der Waals surface area contributed by atoms with Crippen LogP contribution in [-0.4, -0.2) is 41.6 Å². The molecule has 2 aliphatic rings. The van der Waals surface area contributed by atoms with E-state index in [9.17, 15) is 0 Å². The lowest BCUT2D eigenvalue weighted by Crippen LogP contribution is -2.58. The Hall–Kier alpha value is -1.09. The fourth-order valence-electron chi connectivity index (χ4n) is 3.54. The highest BCUT2D eigenvalue weighted by molar-refractivity contribution is 5.47. The van der Waals surface area contributed by atoms with E-state index in [1.807, 2.05) is 0 Å². The Labute approximate surface area is 116 Å². The van der Waals surface area contributed by atoms with Crippen LogP contribution >= 0.6 is 0 Å². The Bertz CT molecular complexity index is 426. The zero-order valence-electron chi connectivity index (χ0n) is 12.3. The van der Waals surface area contributed by atoms with Gasteiger partial charge in [0.25, 0.3) is 0 Å².